The molecule has 122 valence electrons. The van der Waals surface area contributed by atoms with Crippen LogP contribution in [0.15, 0.2) is 24.3 Å². The average Bonchev–Trinajstić information content (AvgIpc) is 2.62. The van der Waals surface area contributed by atoms with Gasteiger partial charge in [-0.05, 0) is 56.5 Å². The molecule has 3 atom stereocenters. The molecule has 0 amide bonds. The number of methoxy groups -OCH3 is 1. The van der Waals surface area contributed by atoms with Gasteiger partial charge in [-0.3, -0.25) is 0 Å². The first kappa shape index (κ1) is 15.8. The number of aliphatic hydroxyl groups excluding tert-OH is 1. The highest BCUT2D eigenvalue weighted by atomic mass is 16.5. The second kappa shape index (κ2) is 7.47. The molecule has 1 N–H and O–H groups in total. The third kappa shape index (κ3) is 3.47. The van der Waals surface area contributed by atoms with Crippen LogP contribution >= 0.6 is 0 Å². The summed E-state index contributed by atoms with van der Waals surface area (Å²) in [5, 5.41) is 10.9. The molecular weight excluding hydrogens is 274 g/mol. The van der Waals surface area contributed by atoms with Crippen molar-refractivity contribution in [2.75, 3.05) is 20.2 Å². The Morgan fingerprint density at radius 3 is 2.36 bits per heavy atom. The minimum absolute atomic E-state index is 0.349. The fourth-order valence-corrected chi connectivity index (χ4v) is 4.26. The molecule has 0 bridgehead atoms. The predicted octanol–water partition coefficient (Wildman–Crippen LogP) is 3.77. The molecule has 3 heteroatoms. The van der Waals surface area contributed by atoms with Crippen molar-refractivity contribution in [1.29, 1.82) is 0 Å². The molecule has 1 aromatic rings. The van der Waals surface area contributed by atoms with Crippen LogP contribution in [0.25, 0.3) is 0 Å². The molecule has 1 aliphatic heterocycles. The molecule has 1 aromatic carbocycles. The van der Waals surface area contributed by atoms with Gasteiger partial charge in [-0.25, -0.2) is 0 Å². The molecule has 1 saturated heterocycles. The van der Waals surface area contributed by atoms with Gasteiger partial charge in [0.1, 0.15) is 5.75 Å². The van der Waals surface area contributed by atoms with Crippen molar-refractivity contribution in [2.24, 2.45) is 5.92 Å². The van der Waals surface area contributed by atoms with Gasteiger partial charge in [0, 0.05) is 12.0 Å². The Labute approximate surface area is 134 Å². The van der Waals surface area contributed by atoms with Gasteiger partial charge in [-0.2, -0.15) is 0 Å². The summed E-state index contributed by atoms with van der Waals surface area (Å²) in [6, 6.07) is 8.51. The van der Waals surface area contributed by atoms with Crippen LogP contribution in [0.4, 0.5) is 0 Å². The van der Waals surface area contributed by atoms with E-state index in [2.05, 4.69) is 4.90 Å². The fraction of sp³-hybridized carbons (Fsp3) is 0.684. The molecule has 1 saturated carbocycles. The van der Waals surface area contributed by atoms with Gasteiger partial charge in [-0.1, -0.05) is 31.4 Å². The molecule has 2 fully saturated rings. The Balaban J connectivity index is 1.73. The first-order valence-corrected chi connectivity index (χ1v) is 8.85. The van der Waals surface area contributed by atoms with Crippen LogP contribution in [0.3, 0.4) is 0 Å². The maximum Gasteiger partial charge on any atom is 0.118 e. The summed E-state index contributed by atoms with van der Waals surface area (Å²) >= 11 is 0. The van der Waals surface area contributed by atoms with Crippen LogP contribution in [0.5, 0.6) is 5.75 Å². The van der Waals surface area contributed by atoms with E-state index in [1.807, 2.05) is 24.3 Å². The Hall–Kier alpha value is -1.06. The zero-order valence-electron chi connectivity index (χ0n) is 13.7. The van der Waals surface area contributed by atoms with Crippen molar-refractivity contribution < 1.29 is 9.84 Å². The smallest absolute Gasteiger partial charge is 0.118 e. The van der Waals surface area contributed by atoms with Crippen LogP contribution in [0, 0.1) is 5.92 Å². The molecule has 1 aliphatic carbocycles. The van der Waals surface area contributed by atoms with E-state index in [0.29, 0.717) is 12.0 Å². The molecular formula is C19H29NO2. The van der Waals surface area contributed by atoms with E-state index in [1.165, 1.54) is 51.6 Å². The van der Waals surface area contributed by atoms with Gasteiger partial charge in [0.05, 0.1) is 13.2 Å². The number of likely N-dealkylation sites (tertiary alicyclic amines) is 1. The highest BCUT2D eigenvalue weighted by Crippen LogP contribution is 2.38. The Bertz CT molecular complexity index is 453. The van der Waals surface area contributed by atoms with Gasteiger partial charge in [0.25, 0.3) is 0 Å². The van der Waals surface area contributed by atoms with Crippen LogP contribution in [-0.4, -0.2) is 36.2 Å². The summed E-state index contributed by atoms with van der Waals surface area (Å²) in [6.45, 7) is 2.44. The SMILES string of the molecule is COc1ccc(C(O)C2CCCCC2N2CCCCC2)cc1. The van der Waals surface area contributed by atoms with Crippen molar-refractivity contribution in [2.45, 2.75) is 57.1 Å². The normalized spacial score (nSPS) is 28.3. The second-order valence-corrected chi connectivity index (χ2v) is 6.83. The lowest BCUT2D eigenvalue weighted by atomic mass is 9.77. The van der Waals surface area contributed by atoms with Crippen molar-refractivity contribution >= 4 is 0 Å². The van der Waals surface area contributed by atoms with Gasteiger partial charge in [0.2, 0.25) is 0 Å². The van der Waals surface area contributed by atoms with E-state index in [1.54, 1.807) is 7.11 Å². The summed E-state index contributed by atoms with van der Waals surface area (Å²) in [4.78, 5) is 2.65. The molecule has 0 aromatic heterocycles. The zero-order chi connectivity index (χ0) is 15.4. The number of piperidine rings is 1. The van der Waals surface area contributed by atoms with Crippen molar-refractivity contribution in [1.82, 2.24) is 4.90 Å². The minimum Gasteiger partial charge on any atom is -0.497 e. The Kier molecular flexibility index (Phi) is 5.37. The van der Waals surface area contributed by atoms with Crippen molar-refractivity contribution in [3.8, 4) is 5.75 Å². The van der Waals surface area contributed by atoms with E-state index in [0.717, 1.165) is 17.7 Å². The number of ether oxygens (including phenoxy) is 1. The first-order chi connectivity index (χ1) is 10.8. The average molecular weight is 303 g/mol. The van der Waals surface area contributed by atoms with Gasteiger partial charge >= 0.3 is 0 Å². The quantitative estimate of drug-likeness (QED) is 0.919. The summed E-state index contributed by atoms with van der Waals surface area (Å²) in [5.74, 6) is 1.23. The Morgan fingerprint density at radius 1 is 1.00 bits per heavy atom. The topological polar surface area (TPSA) is 32.7 Å². The van der Waals surface area contributed by atoms with E-state index < -0.39 is 0 Å². The number of rotatable bonds is 4. The van der Waals surface area contributed by atoms with Gasteiger partial charge in [-0.15, -0.1) is 0 Å². The predicted molar refractivity (Wildman–Crippen MR) is 89.1 cm³/mol. The van der Waals surface area contributed by atoms with E-state index in [4.69, 9.17) is 4.74 Å². The maximum absolute atomic E-state index is 10.9. The summed E-state index contributed by atoms with van der Waals surface area (Å²) in [5.41, 5.74) is 1.04. The molecule has 22 heavy (non-hydrogen) atoms. The monoisotopic (exact) mass is 303 g/mol. The van der Waals surface area contributed by atoms with E-state index in [9.17, 15) is 5.11 Å². The number of benzene rings is 1. The third-order valence-corrected chi connectivity index (χ3v) is 5.50. The van der Waals surface area contributed by atoms with Crippen LogP contribution < -0.4 is 4.74 Å². The molecule has 3 nitrogen and oxygen atoms in total. The number of hydrogen-bond acceptors (Lipinski definition) is 3. The van der Waals surface area contributed by atoms with Crippen LogP contribution in [-0.2, 0) is 0 Å². The third-order valence-electron chi connectivity index (χ3n) is 5.50. The second-order valence-electron chi connectivity index (χ2n) is 6.83. The molecule has 3 rings (SSSR count). The zero-order valence-corrected chi connectivity index (χ0v) is 13.7. The molecule has 0 spiro atoms. The molecule has 3 unspecified atom stereocenters. The van der Waals surface area contributed by atoms with Crippen molar-refractivity contribution in [3.63, 3.8) is 0 Å². The van der Waals surface area contributed by atoms with Gasteiger partial charge < -0.3 is 14.7 Å². The molecule has 1 heterocycles. The summed E-state index contributed by atoms with van der Waals surface area (Å²) in [7, 11) is 1.68. The molecule has 2 aliphatic rings. The minimum atomic E-state index is -0.349. The highest BCUT2D eigenvalue weighted by molar-refractivity contribution is 5.29. The summed E-state index contributed by atoms with van der Waals surface area (Å²) < 4.78 is 5.22. The molecule has 0 radical (unpaired) electrons. The highest BCUT2D eigenvalue weighted by Gasteiger charge is 2.35. The van der Waals surface area contributed by atoms with Crippen molar-refractivity contribution in [3.05, 3.63) is 29.8 Å². The Morgan fingerprint density at radius 2 is 1.68 bits per heavy atom. The summed E-state index contributed by atoms with van der Waals surface area (Å²) in [6.07, 6.45) is 8.62. The lowest BCUT2D eigenvalue weighted by Crippen LogP contribution is -2.46. The van der Waals surface area contributed by atoms with Crippen LogP contribution in [0.2, 0.25) is 0 Å². The lowest BCUT2D eigenvalue weighted by molar-refractivity contribution is 0.00384. The van der Waals surface area contributed by atoms with Gasteiger partial charge in [0.15, 0.2) is 0 Å². The number of aliphatic hydroxyl groups is 1. The lowest BCUT2D eigenvalue weighted by Gasteiger charge is -2.43. The van der Waals surface area contributed by atoms with E-state index in [-0.39, 0.29) is 6.10 Å². The fourth-order valence-electron chi connectivity index (χ4n) is 4.26. The standard InChI is InChI=1S/C19H29NO2/c1-22-16-11-9-15(10-12-16)19(21)17-7-3-4-8-18(17)20-13-5-2-6-14-20/h9-12,17-19,21H,2-8,13-14H2,1H3. The van der Waals surface area contributed by atoms with E-state index >= 15 is 0 Å². The maximum atomic E-state index is 10.9. The number of nitrogens with zero attached hydrogens (tertiary/aromatic N) is 1. The number of hydrogen-bond donors (Lipinski definition) is 1. The largest absolute Gasteiger partial charge is 0.497 e. The van der Waals surface area contributed by atoms with Crippen LogP contribution in [0.1, 0.15) is 56.6 Å². The first-order valence-electron chi connectivity index (χ1n) is 8.85.